The fourth-order valence-corrected chi connectivity index (χ4v) is 1.63. The van der Waals surface area contributed by atoms with Crippen LogP contribution in [0.4, 0.5) is 0 Å². The maximum atomic E-state index is 5.74. The second kappa shape index (κ2) is 8.09. The minimum absolute atomic E-state index is 0.524. The lowest BCUT2D eigenvalue weighted by atomic mass is 9.98. The molecule has 3 nitrogen and oxygen atoms in total. The Morgan fingerprint density at radius 2 is 1.94 bits per heavy atom. The molecule has 0 saturated carbocycles. The van der Waals surface area contributed by atoms with Crippen molar-refractivity contribution in [3.05, 3.63) is 29.8 Å². The first-order chi connectivity index (χ1) is 8.29. The van der Waals surface area contributed by atoms with Crippen LogP contribution in [0, 0.1) is 0 Å². The molecule has 1 unspecified atom stereocenters. The maximum Gasteiger partial charge on any atom is 0.122 e. The van der Waals surface area contributed by atoms with E-state index in [1.807, 2.05) is 12.1 Å². The third-order valence-corrected chi connectivity index (χ3v) is 2.81. The first kappa shape index (κ1) is 14.0. The first-order valence-electron chi connectivity index (χ1n) is 6.29. The molecule has 1 aromatic carbocycles. The third kappa shape index (κ3) is 4.75. The molecule has 0 aliphatic carbocycles. The molecule has 0 aliphatic heterocycles. The van der Waals surface area contributed by atoms with Crippen LogP contribution in [-0.2, 0) is 4.74 Å². The monoisotopic (exact) mass is 237 g/mol. The third-order valence-electron chi connectivity index (χ3n) is 2.81. The van der Waals surface area contributed by atoms with Crippen LogP contribution in [0.25, 0.3) is 0 Å². The van der Waals surface area contributed by atoms with Crippen LogP contribution in [0.5, 0.6) is 5.75 Å². The topological polar surface area (TPSA) is 44.5 Å². The van der Waals surface area contributed by atoms with Crippen molar-refractivity contribution in [1.82, 2.24) is 0 Å². The maximum absolute atomic E-state index is 5.74. The van der Waals surface area contributed by atoms with Crippen LogP contribution in [0.1, 0.15) is 31.7 Å². The minimum Gasteiger partial charge on any atom is -0.491 e. The van der Waals surface area contributed by atoms with Gasteiger partial charge in [-0.3, -0.25) is 0 Å². The summed E-state index contributed by atoms with van der Waals surface area (Å²) >= 11 is 0. The van der Waals surface area contributed by atoms with Crippen LogP contribution in [0.15, 0.2) is 24.3 Å². The Kier molecular flexibility index (Phi) is 6.67. The van der Waals surface area contributed by atoms with E-state index in [0.29, 0.717) is 32.3 Å². The van der Waals surface area contributed by atoms with Crippen molar-refractivity contribution < 1.29 is 9.47 Å². The molecule has 0 aromatic heterocycles. The summed E-state index contributed by atoms with van der Waals surface area (Å²) in [6.07, 6.45) is 1.12. The molecule has 2 N–H and O–H groups in total. The van der Waals surface area contributed by atoms with E-state index in [1.54, 1.807) is 0 Å². The van der Waals surface area contributed by atoms with Crippen molar-refractivity contribution in [2.75, 3.05) is 26.4 Å². The highest BCUT2D eigenvalue weighted by molar-refractivity contribution is 5.35. The zero-order chi connectivity index (χ0) is 12.5. The van der Waals surface area contributed by atoms with E-state index in [0.717, 1.165) is 12.2 Å². The molecule has 1 atom stereocenters. The van der Waals surface area contributed by atoms with Gasteiger partial charge in [0.15, 0.2) is 0 Å². The zero-order valence-corrected chi connectivity index (χ0v) is 10.8. The largest absolute Gasteiger partial charge is 0.491 e. The lowest BCUT2D eigenvalue weighted by Crippen LogP contribution is -2.13. The number of para-hydroxylation sites is 1. The van der Waals surface area contributed by atoms with Crippen molar-refractivity contribution in [3.63, 3.8) is 0 Å². The van der Waals surface area contributed by atoms with Gasteiger partial charge >= 0.3 is 0 Å². The normalized spacial score (nSPS) is 12.4. The number of hydrogen-bond donors (Lipinski definition) is 1. The molecule has 1 aromatic rings. The predicted octanol–water partition coefficient (Wildman–Crippen LogP) is 2.55. The van der Waals surface area contributed by atoms with Crippen LogP contribution in [0.3, 0.4) is 0 Å². The lowest BCUT2D eigenvalue weighted by Gasteiger charge is -2.15. The number of hydrogen-bond acceptors (Lipinski definition) is 3. The highest BCUT2D eigenvalue weighted by atomic mass is 16.5. The predicted molar refractivity (Wildman–Crippen MR) is 70.5 cm³/mol. The number of ether oxygens (including phenoxy) is 2. The molecule has 0 saturated heterocycles. The Morgan fingerprint density at radius 3 is 2.65 bits per heavy atom. The Morgan fingerprint density at radius 1 is 1.18 bits per heavy atom. The van der Waals surface area contributed by atoms with Gasteiger partial charge in [-0.25, -0.2) is 0 Å². The van der Waals surface area contributed by atoms with Crippen LogP contribution >= 0.6 is 0 Å². The van der Waals surface area contributed by atoms with Gasteiger partial charge in [0.25, 0.3) is 0 Å². The SMILES string of the molecule is CCC(C)c1ccccc1OCCOCCN. The molecular formula is C14H23NO2. The van der Waals surface area contributed by atoms with Crippen LogP contribution < -0.4 is 10.5 Å². The zero-order valence-electron chi connectivity index (χ0n) is 10.8. The van der Waals surface area contributed by atoms with Gasteiger partial charge in [-0.2, -0.15) is 0 Å². The molecule has 0 bridgehead atoms. The van der Waals surface area contributed by atoms with E-state index in [9.17, 15) is 0 Å². The summed E-state index contributed by atoms with van der Waals surface area (Å²) in [5, 5.41) is 0. The first-order valence-corrected chi connectivity index (χ1v) is 6.29. The van der Waals surface area contributed by atoms with Crippen molar-refractivity contribution in [1.29, 1.82) is 0 Å². The van der Waals surface area contributed by atoms with Gasteiger partial charge in [-0.05, 0) is 24.0 Å². The summed E-state index contributed by atoms with van der Waals surface area (Å²) in [5.74, 6) is 1.49. The quantitative estimate of drug-likeness (QED) is 0.707. The Balaban J connectivity index is 2.46. The summed E-state index contributed by atoms with van der Waals surface area (Å²) in [6, 6.07) is 8.20. The minimum atomic E-state index is 0.524. The molecular weight excluding hydrogens is 214 g/mol. The van der Waals surface area contributed by atoms with Gasteiger partial charge in [-0.15, -0.1) is 0 Å². The second-order valence-corrected chi connectivity index (χ2v) is 4.10. The standard InChI is InChI=1S/C14H23NO2/c1-3-12(2)13-6-4-5-7-14(13)17-11-10-16-9-8-15/h4-7,12H,3,8-11,15H2,1-2H3. The van der Waals surface area contributed by atoms with E-state index in [-0.39, 0.29) is 0 Å². The van der Waals surface area contributed by atoms with Gasteiger partial charge in [0.1, 0.15) is 12.4 Å². The molecule has 0 radical (unpaired) electrons. The molecule has 0 fully saturated rings. The Labute approximate surface area is 104 Å². The molecule has 3 heteroatoms. The molecule has 0 heterocycles. The fraction of sp³-hybridized carbons (Fsp3) is 0.571. The van der Waals surface area contributed by atoms with E-state index >= 15 is 0 Å². The van der Waals surface area contributed by atoms with E-state index in [2.05, 4.69) is 26.0 Å². The van der Waals surface area contributed by atoms with Gasteiger partial charge in [0.2, 0.25) is 0 Å². The highest BCUT2D eigenvalue weighted by Gasteiger charge is 2.08. The van der Waals surface area contributed by atoms with Gasteiger partial charge in [0, 0.05) is 6.54 Å². The van der Waals surface area contributed by atoms with Gasteiger partial charge in [-0.1, -0.05) is 32.0 Å². The highest BCUT2D eigenvalue weighted by Crippen LogP contribution is 2.28. The fourth-order valence-electron chi connectivity index (χ4n) is 1.63. The molecule has 0 amide bonds. The summed E-state index contributed by atoms with van der Waals surface area (Å²) in [7, 11) is 0. The molecule has 17 heavy (non-hydrogen) atoms. The number of rotatable bonds is 8. The Hall–Kier alpha value is -1.06. The van der Waals surface area contributed by atoms with E-state index in [1.165, 1.54) is 5.56 Å². The summed E-state index contributed by atoms with van der Waals surface area (Å²) in [5.41, 5.74) is 6.61. The molecule has 0 aliphatic rings. The summed E-state index contributed by atoms with van der Waals surface area (Å²) < 4.78 is 11.0. The molecule has 0 spiro atoms. The average Bonchev–Trinajstić information content (AvgIpc) is 2.38. The van der Waals surface area contributed by atoms with Crippen LogP contribution in [-0.4, -0.2) is 26.4 Å². The molecule has 1 rings (SSSR count). The lowest BCUT2D eigenvalue weighted by molar-refractivity contribution is 0.105. The van der Waals surface area contributed by atoms with Crippen molar-refractivity contribution in [3.8, 4) is 5.75 Å². The number of benzene rings is 1. The molecule has 96 valence electrons. The van der Waals surface area contributed by atoms with Gasteiger partial charge in [0.05, 0.1) is 13.2 Å². The van der Waals surface area contributed by atoms with Crippen LogP contribution in [0.2, 0.25) is 0 Å². The summed E-state index contributed by atoms with van der Waals surface area (Å²) in [6.45, 7) is 6.72. The van der Waals surface area contributed by atoms with Crippen molar-refractivity contribution >= 4 is 0 Å². The van der Waals surface area contributed by atoms with E-state index in [4.69, 9.17) is 15.2 Å². The van der Waals surface area contributed by atoms with Crippen molar-refractivity contribution in [2.24, 2.45) is 5.73 Å². The number of nitrogens with two attached hydrogens (primary N) is 1. The van der Waals surface area contributed by atoms with E-state index < -0.39 is 0 Å². The van der Waals surface area contributed by atoms with Gasteiger partial charge < -0.3 is 15.2 Å². The van der Waals surface area contributed by atoms with Crippen molar-refractivity contribution in [2.45, 2.75) is 26.2 Å². The smallest absolute Gasteiger partial charge is 0.122 e. The average molecular weight is 237 g/mol. The summed E-state index contributed by atoms with van der Waals surface area (Å²) in [4.78, 5) is 0. The second-order valence-electron chi connectivity index (χ2n) is 4.10. The Bertz CT molecular complexity index is 315.